The van der Waals surface area contributed by atoms with Crippen molar-refractivity contribution in [1.82, 2.24) is 0 Å². The third-order valence-electron chi connectivity index (χ3n) is 4.93. The van der Waals surface area contributed by atoms with Crippen molar-refractivity contribution < 1.29 is 8.85 Å². The van der Waals surface area contributed by atoms with Crippen LogP contribution in [-0.2, 0) is 15.3 Å². The average Bonchev–Trinajstić information content (AvgIpc) is 3.04. The summed E-state index contributed by atoms with van der Waals surface area (Å²) in [6.07, 6.45) is 0.940. The highest BCUT2D eigenvalue weighted by Gasteiger charge is 2.43. The molecule has 0 heterocycles. The minimum absolute atomic E-state index is 0.940. The molecule has 2 nitrogen and oxygen atoms in total. The molecule has 0 saturated heterocycles. The van der Waals surface area contributed by atoms with Crippen LogP contribution in [0.15, 0.2) is 72.8 Å². The van der Waals surface area contributed by atoms with E-state index >= 15 is 0 Å². The fourth-order valence-electron chi connectivity index (χ4n) is 3.82. The Morgan fingerprint density at radius 1 is 0.708 bits per heavy atom. The third-order valence-corrected chi connectivity index (χ3v) is 8.35. The van der Waals surface area contributed by atoms with Gasteiger partial charge in [0, 0.05) is 19.4 Å². The molecule has 0 fully saturated rings. The zero-order valence-corrected chi connectivity index (χ0v) is 15.0. The van der Waals surface area contributed by atoms with E-state index in [-0.39, 0.29) is 0 Å². The van der Waals surface area contributed by atoms with Crippen molar-refractivity contribution in [3.05, 3.63) is 83.9 Å². The lowest BCUT2D eigenvalue weighted by atomic mass is 10.1. The van der Waals surface area contributed by atoms with Gasteiger partial charge in [-0.3, -0.25) is 0 Å². The van der Waals surface area contributed by atoms with Crippen LogP contribution in [0.4, 0.5) is 0 Å². The highest BCUT2D eigenvalue weighted by molar-refractivity contribution is 6.92. The standard InChI is InChI=1S/C21H20O2Si/c1-22-24(23-2,17-10-4-3-5-11-17)21-14-8-13-19-18-12-7-6-9-16(18)15-20(19)21/h3-14H,15H2,1-2H3. The summed E-state index contributed by atoms with van der Waals surface area (Å²) in [6, 6.07) is 25.5. The lowest BCUT2D eigenvalue weighted by Gasteiger charge is -2.30. The maximum absolute atomic E-state index is 6.10. The summed E-state index contributed by atoms with van der Waals surface area (Å²) in [7, 11) is 0.844. The second-order valence-electron chi connectivity index (χ2n) is 6.06. The number of hydrogen-bond donors (Lipinski definition) is 0. The van der Waals surface area contributed by atoms with Crippen LogP contribution in [0.5, 0.6) is 0 Å². The van der Waals surface area contributed by atoms with E-state index in [9.17, 15) is 0 Å². The smallest absolute Gasteiger partial charge is 0.391 e. The van der Waals surface area contributed by atoms with Crippen LogP contribution in [0, 0.1) is 0 Å². The fraction of sp³-hybridized carbons (Fsp3) is 0.143. The Hall–Kier alpha value is -2.20. The molecule has 1 aliphatic carbocycles. The molecule has 0 spiro atoms. The van der Waals surface area contributed by atoms with E-state index in [1.165, 1.54) is 27.4 Å². The molecule has 0 aliphatic heterocycles. The van der Waals surface area contributed by atoms with E-state index in [0.717, 1.165) is 11.6 Å². The summed E-state index contributed by atoms with van der Waals surface area (Å²) in [5, 5.41) is 2.35. The van der Waals surface area contributed by atoms with Crippen LogP contribution in [0.1, 0.15) is 11.1 Å². The van der Waals surface area contributed by atoms with E-state index in [1.807, 2.05) is 18.2 Å². The van der Waals surface area contributed by atoms with Crippen LogP contribution in [0.2, 0.25) is 0 Å². The van der Waals surface area contributed by atoms with Crippen molar-refractivity contribution >= 4 is 18.9 Å². The Labute approximate surface area is 143 Å². The maximum atomic E-state index is 6.10. The first-order chi connectivity index (χ1) is 11.8. The van der Waals surface area contributed by atoms with Crippen LogP contribution in [0.25, 0.3) is 11.1 Å². The van der Waals surface area contributed by atoms with Gasteiger partial charge in [0.2, 0.25) is 0 Å². The molecule has 1 aliphatic rings. The molecule has 3 aromatic carbocycles. The van der Waals surface area contributed by atoms with Gasteiger partial charge in [0.1, 0.15) is 0 Å². The Balaban J connectivity index is 1.94. The Bertz CT molecular complexity index is 870. The van der Waals surface area contributed by atoms with Gasteiger partial charge in [-0.15, -0.1) is 0 Å². The molecular formula is C21H20O2Si. The Morgan fingerprint density at radius 3 is 2.12 bits per heavy atom. The molecule has 0 saturated carbocycles. The first-order valence-electron chi connectivity index (χ1n) is 8.16. The molecule has 3 heteroatoms. The number of fused-ring (bicyclic) bond motifs is 3. The minimum Gasteiger partial charge on any atom is -0.391 e. The van der Waals surface area contributed by atoms with Gasteiger partial charge in [-0.25, -0.2) is 0 Å². The molecule has 120 valence electrons. The van der Waals surface area contributed by atoms with Crippen molar-refractivity contribution in [2.45, 2.75) is 6.42 Å². The van der Waals surface area contributed by atoms with Crippen molar-refractivity contribution in [2.75, 3.05) is 14.2 Å². The van der Waals surface area contributed by atoms with Crippen LogP contribution >= 0.6 is 0 Å². The second kappa shape index (κ2) is 6.02. The summed E-state index contributed by atoms with van der Waals surface area (Å²) in [6.45, 7) is 0. The summed E-state index contributed by atoms with van der Waals surface area (Å²) >= 11 is 0. The molecule has 0 atom stereocenters. The topological polar surface area (TPSA) is 18.5 Å². The van der Waals surface area contributed by atoms with Gasteiger partial charge < -0.3 is 8.85 Å². The molecule has 0 unspecified atom stereocenters. The van der Waals surface area contributed by atoms with E-state index in [2.05, 4.69) is 54.6 Å². The highest BCUT2D eigenvalue weighted by Crippen LogP contribution is 2.36. The summed E-state index contributed by atoms with van der Waals surface area (Å²) in [5.41, 5.74) is 5.36. The molecule has 0 bridgehead atoms. The van der Waals surface area contributed by atoms with Gasteiger partial charge in [0.15, 0.2) is 0 Å². The average molecular weight is 332 g/mol. The minimum atomic E-state index is -2.69. The van der Waals surface area contributed by atoms with Gasteiger partial charge in [-0.1, -0.05) is 72.8 Å². The molecule has 24 heavy (non-hydrogen) atoms. The SMILES string of the molecule is CO[Si](OC)(c1ccccc1)c1cccc2c1Cc1ccccc1-2. The van der Waals surface area contributed by atoms with Crippen LogP contribution < -0.4 is 10.4 Å². The monoisotopic (exact) mass is 332 g/mol. The van der Waals surface area contributed by atoms with Gasteiger partial charge in [-0.2, -0.15) is 0 Å². The van der Waals surface area contributed by atoms with Crippen LogP contribution in [0.3, 0.4) is 0 Å². The summed E-state index contributed by atoms with van der Waals surface area (Å²) in [5.74, 6) is 0. The van der Waals surface area contributed by atoms with Crippen molar-refractivity contribution in [3.8, 4) is 11.1 Å². The van der Waals surface area contributed by atoms with Gasteiger partial charge in [0.05, 0.1) is 0 Å². The Kier molecular flexibility index (Phi) is 3.85. The number of hydrogen-bond acceptors (Lipinski definition) is 2. The Morgan fingerprint density at radius 2 is 1.38 bits per heavy atom. The third kappa shape index (κ3) is 2.17. The quantitative estimate of drug-likeness (QED) is 0.535. The lowest BCUT2D eigenvalue weighted by molar-refractivity contribution is 0.272. The molecule has 0 amide bonds. The molecule has 0 aromatic heterocycles. The second-order valence-corrected chi connectivity index (χ2v) is 9.22. The van der Waals surface area contributed by atoms with Gasteiger partial charge >= 0.3 is 8.56 Å². The molecule has 0 N–H and O–H groups in total. The van der Waals surface area contributed by atoms with E-state index in [0.29, 0.717) is 0 Å². The molecule has 0 radical (unpaired) electrons. The van der Waals surface area contributed by atoms with Crippen LogP contribution in [-0.4, -0.2) is 22.8 Å². The van der Waals surface area contributed by atoms with E-state index < -0.39 is 8.56 Å². The molecule has 3 aromatic rings. The zero-order chi connectivity index (χ0) is 16.6. The van der Waals surface area contributed by atoms with E-state index in [4.69, 9.17) is 8.85 Å². The van der Waals surface area contributed by atoms with Crippen molar-refractivity contribution in [3.63, 3.8) is 0 Å². The summed E-state index contributed by atoms with van der Waals surface area (Å²) < 4.78 is 12.2. The summed E-state index contributed by atoms with van der Waals surface area (Å²) in [4.78, 5) is 0. The lowest BCUT2D eigenvalue weighted by Crippen LogP contribution is -2.63. The number of benzene rings is 3. The normalized spacial score (nSPS) is 12.8. The largest absolute Gasteiger partial charge is 0.406 e. The predicted octanol–water partition coefficient (Wildman–Crippen LogP) is 3.11. The van der Waals surface area contributed by atoms with Crippen molar-refractivity contribution in [2.24, 2.45) is 0 Å². The molecule has 4 rings (SSSR count). The first-order valence-corrected chi connectivity index (χ1v) is 9.98. The fourth-order valence-corrected chi connectivity index (χ4v) is 6.77. The highest BCUT2D eigenvalue weighted by atomic mass is 28.4. The molecular weight excluding hydrogens is 312 g/mol. The van der Waals surface area contributed by atoms with Crippen molar-refractivity contribution in [1.29, 1.82) is 0 Å². The maximum Gasteiger partial charge on any atom is 0.406 e. The van der Waals surface area contributed by atoms with Gasteiger partial charge in [0.25, 0.3) is 0 Å². The first kappa shape index (κ1) is 15.3. The predicted molar refractivity (Wildman–Crippen MR) is 100 cm³/mol. The zero-order valence-electron chi connectivity index (χ0n) is 14.0. The number of rotatable bonds is 4. The van der Waals surface area contributed by atoms with Gasteiger partial charge in [-0.05, 0) is 33.9 Å². The van der Waals surface area contributed by atoms with E-state index in [1.54, 1.807) is 14.2 Å².